The van der Waals surface area contributed by atoms with Gasteiger partial charge in [-0.15, -0.1) is 0 Å². The van der Waals surface area contributed by atoms with Crippen molar-refractivity contribution in [2.45, 2.75) is 40.0 Å². The first-order chi connectivity index (χ1) is 13.3. The van der Waals surface area contributed by atoms with Crippen molar-refractivity contribution in [2.75, 3.05) is 11.9 Å². The molecular weight excluding hydrogens is 356 g/mol. The number of carbonyl (C=O) groups is 2. The SMILES string of the molecule is [CH2]C(=O)NCCc1cc(Nc2nc(CC(C)C)c(CC)nc2C(N)=O)ccn1. The van der Waals surface area contributed by atoms with Crippen molar-refractivity contribution in [1.29, 1.82) is 0 Å². The van der Waals surface area contributed by atoms with Gasteiger partial charge in [-0.3, -0.25) is 14.6 Å². The highest BCUT2D eigenvalue weighted by molar-refractivity contribution is 5.96. The third-order valence-corrected chi connectivity index (χ3v) is 4.00. The second kappa shape index (κ2) is 9.77. The number of hydrogen-bond donors (Lipinski definition) is 3. The molecule has 8 heteroatoms. The van der Waals surface area contributed by atoms with E-state index in [4.69, 9.17) is 5.73 Å². The molecule has 0 unspecified atom stereocenters. The minimum atomic E-state index is -0.631. The molecule has 0 aliphatic rings. The number of primary amides is 1. The van der Waals surface area contributed by atoms with Gasteiger partial charge in [0.2, 0.25) is 5.91 Å². The van der Waals surface area contributed by atoms with Crippen molar-refractivity contribution in [3.05, 3.63) is 48.0 Å². The minimum absolute atomic E-state index is 0.118. The van der Waals surface area contributed by atoms with E-state index < -0.39 is 5.91 Å². The molecule has 2 aromatic rings. The van der Waals surface area contributed by atoms with E-state index in [1.807, 2.05) is 13.0 Å². The highest BCUT2D eigenvalue weighted by Gasteiger charge is 2.18. The summed E-state index contributed by atoms with van der Waals surface area (Å²) in [6.07, 6.45) is 3.64. The molecule has 0 bridgehead atoms. The Morgan fingerprint density at radius 2 is 2.00 bits per heavy atom. The molecule has 0 saturated heterocycles. The van der Waals surface area contributed by atoms with Crippen LogP contribution in [0.15, 0.2) is 18.3 Å². The maximum atomic E-state index is 11.9. The van der Waals surface area contributed by atoms with Crippen molar-refractivity contribution in [3.8, 4) is 0 Å². The molecular formula is C20H27N6O2. The highest BCUT2D eigenvalue weighted by Crippen LogP contribution is 2.21. The average Bonchev–Trinajstić information content (AvgIpc) is 2.61. The number of aryl methyl sites for hydroxylation is 1. The fourth-order valence-corrected chi connectivity index (χ4v) is 2.76. The molecule has 0 spiro atoms. The number of hydrogen-bond acceptors (Lipinski definition) is 6. The smallest absolute Gasteiger partial charge is 0.271 e. The summed E-state index contributed by atoms with van der Waals surface area (Å²) in [5, 5.41) is 5.78. The van der Waals surface area contributed by atoms with E-state index in [9.17, 15) is 9.59 Å². The standard InChI is InChI=1S/C20H27N6O2/c1-5-16-17(10-12(2)3)26-20(18(25-16)19(21)28)24-15-7-9-23-14(11-15)6-8-22-13(4)27/h7,9,11-12H,4-6,8,10H2,1-3H3,(H2,21,28)(H,22,27)(H,23,24,26). The maximum Gasteiger partial charge on any atom is 0.271 e. The minimum Gasteiger partial charge on any atom is -0.364 e. The fourth-order valence-electron chi connectivity index (χ4n) is 2.76. The van der Waals surface area contributed by atoms with Gasteiger partial charge >= 0.3 is 0 Å². The van der Waals surface area contributed by atoms with E-state index >= 15 is 0 Å². The van der Waals surface area contributed by atoms with Gasteiger partial charge < -0.3 is 16.4 Å². The number of nitrogens with one attached hydrogen (secondary N) is 2. The van der Waals surface area contributed by atoms with Gasteiger partial charge in [-0.2, -0.15) is 0 Å². The molecule has 2 rings (SSSR count). The molecule has 0 aliphatic carbocycles. The molecule has 0 aliphatic heterocycles. The van der Waals surface area contributed by atoms with Crippen LogP contribution >= 0.6 is 0 Å². The van der Waals surface area contributed by atoms with E-state index in [2.05, 4.69) is 46.4 Å². The summed E-state index contributed by atoms with van der Waals surface area (Å²) in [5.74, 6) is -0.219. The summed E-state index contributed by atoms with van der Waals surface area (Å²) in [6.45, 7) is 9.90. The highest BCUT2D eigenvalue weighted by atomic mass is 16.1. The number of rotatable bonds is 9. The Balaban J connectivity index is 2.31. The van der Waals surface area contributed by atoms with E-state index in [0.717, 1.165) is 23.5 Å². The third-order valence-electron chi connectivity index (χ3n) is 4.00. The third kappa shape index (κ3) is 6.00. The van der Waals surface area contributed by atoms with E-state index in [-0.39, 0.29) is 11.6 Å². The topological polar surface area (TPSA) is 123 Å². The monoisotopic (exact) mass is 383 g/mol. The van der Waals surface area contributed by atoms with Crippen molar-refractivity contribution >= 4 is 23.3 Å². The van der Waals surface area contributed by atoms with Gasteiger partial charge in [0.05, 0.1) is 11.4 Å². The van der Waals surface area contributed by atoms with Crippen molar-refractivity contribution in [2.24, 2.45) is 11.7 Å². The van der Waals surface area contributed by atoms with Crippen LogP contribution in [0.1, 0.15) is 48.3 Å². The Hall–Kier alpha value is -3.03. The normalized spacial score (nSPS) is 10.8. The molecule has 0 saturated carbocycles. The Morgan fingerprint density at radius 3 is 2.61 bits per heavy atom. The molecule has 149 valence electrons. The van der Waals surface area contributed by atoms with Crippen LogP contribution in [-0.4, -0.2) is 33.3 Å². The molecule has 0 atom stereocenters. The molecule has 4 N–H and O–H groups in total. The van der Waals surface area contributed by atoms with E-state index in [0.29, 0.717) is 36.8 Å². The Labute approximate surface area is 165 Å². The van der Waals surface area contributed by atoms with Crippen LogP contribution in [0, 0.1) is 12.8 Å². The molecule has 2 aromatic heterocycles. The summed E-state index contributed by atoms with van der Waals surface area (Å²) < 4.78 is 0. The van der Waals surface area contributed by atoms with Gasteiger partial charge in [0, 0.05) is 37.5 Å². The second-order valence-electron chi connectivity index (χ2n) is 6.89. The second-order valence-corrected chi connectivity index (χ2v) is 6.89. The number of anilines is 2. The van der Waals surface area contributed by atoms with Gasteiger partial charge in [-0.1, -0.05) is 20.8 Å². The Bertz CT molecular complexity index is 851. The summed E-state index contributed by atoms with van der Waals surface area (Å²) >= 11 is 0. The van der Waals surface area contributed by atoms with Crippen LogP contribution in [0.3, 0.4) is 0 Å². The van der Waals surface area contributed by atoms with Gasteiger partial charge in [0.1, 0.15) is 0 Å². The largest absolute Gasteiger partial charge is 0.364 e. The van der Waals surface area contributed by atoms with Crippen LogP contribution in [0.2, 0.25) is 0 Å². The zero-order valence-electron chi connectivity index (χ0n) is 16.6. The number of nitrogens with zero attached hydrogens (tertiary/aromatic N) is 3. The molecule has 0 fully saturated rings. The van der Waals surface area contributed by atoms with Gasteiger partial charge in [-0.05, 0) is 30.9 Å². The summed E-state index contributed by atoms with van der Waals surface area (Å²) in [6, 6.07) is 3.60. The lowest BCUT2D eigenvalue weighted by Crippen LogP contribution is -2.23. The average molecular weight is 383 g/mol. The lowest BCUT2D eigenvalue weighted by Gasteiger charge is -2.15. The summed E-state index contributed by atoms with van der Waals surface area (Å²) in [5.41, 5.74) is 8.78. The van der Waals surface area contributed by atoms with E-state index in [1.54, 1.807) is 12.3 Å². The van der Waals surface area contributed by atoms with Crippen LogP contribution in [0.4, 0.5) is 11.5 Å². The fraction of sp³-hybridized carbons (Fsp3) is 0.400. The first kappa shape index (κ1) is 21.3. The number of carbonyl (C=O) groups excluding carboxylic acids is 2. The number of pyridine rings is 1. The molecule has 1 radical (unpaired) electrons. The number of amides is 2. The van der Waals surface area contributed by atoms with Gasteiger partial charge in [0.15, 0.2) is 11.5 Å². The quantitative estimate of drug-likeness (QED) is 0.608. The summed E-state index contributed by atoms with van der Waals surface area (Å²) in [4.78, 5) is 36.2. The molecule has 2 amide bonds. The first-order valence-electron chi connectivity index (χ1n) is 9.31. The maximum absolute atomic E-state index is 11.9. The number of aromatic nitrogens is 3. The van der Waals surface area contributed by atoms with Crippen LogP contribution in [0.5, 0.6) is 0 Å². The van der Waals surface area contributed by atoms with Crippen molar-refractivity contribution < 1.29 is 9.59 Å². The van der Waals surface area contributed by atoms with Gasteiger partial charge in [-0.25, -0.2) is 9.97 Å². The lowest BCUT2D eigenvalue weighted by atomic mass is 10.0. The van der Waals surface area contributed by atoms with Crippen molar-refractivity contribution in [3.63, 3.8) is 0 Å². The zero-order valence-corrected chi connectivity index (χ0v) is 16.6. The Kier molecular flexibility index (Phi) is 7.43. The predicted molar refractivity (Wildman–Crippen MR) is 108 cm³/mol. The van der Waals surface area contributed by atoms with Crippen LogP contribution in [-0.2, 0) is 24.1 Å². The van der Waals surface area contributed by atoms with Crippen molar-refractivity contribution in [1.82, 2.24) is 20.3 Å². The summed E-state index contributed by atoms with van der Waals surface area (Å²) in [7, 11) is 0. The Morgan fingerprint density at radius 1 is 1.25 bits per heavy atom. The number of nitrogens with two attached hydrogens (primary N) is 1. The molecule has 8 nitrogen and oxygen atoms in total. The van der Waals surface area contributed by atoms with Crippen LogP contribution in [0.25, 0.3) is 0 Å². The zero-order chi connectivity index (χ0) is 20.7. The lowest BCUT2D eigenvalue weighted by molar-refractivity contribution is -0.116. The van der Waals surface area contributed by atoms with Crippen LogP contribution < -0.4 is 16.4 Å². The predicted octanol–water partition coefficient (Wildman–Crippen LogP) is 1.97. The molecule has 0 aromatic carbocycles. The van der Waals surface area contributed by atoms with E-state index in [1.165, 1.54) is 0 Å². The molecule has 28 heavy (non-hydrogen) atoms. The molecule has 2 heterocycles. The first-order valence-corrected chi connectivity index (χ1v) is 9.31. The van der Waals surface area contributed by atoms with Gasteiger partial charge in [0.25, 0.3) is 5.91 Å².